The molecule has 3 aromatic rings. The fourth-order valence-electron chi connectivity index (χ4n) is 4.36. The third-order valence-electron chi connectivity index (χ3n) is 6.14. The Kier molecular flexibility index (Phi) is 6.82. The van der Waals surface area contributed by atoms with Gasteiger partial charge >= 0.3 is 0 Å². The van der Waals surface area contributed by atoms with Crippen LogP contribution in [0.5, 0.6) is 0 Å². The van der Waals surface area contributed by atoms with Crippen LogP contribution in [0.2, 0.25) is 0 Å². The molecule has 2 atom stereocenters. The van der Waals surface area contributed by atoms with E-state index in [-0.39, 0.29) is 36.8 Å². The van der Waals surface area contributed by atoms with E-state index in [2.05, 4.69) is 5.32 Å². The van der Waals surface area contributed by atoms with Gasteiger partial charge in [-0.2, -0.15) is 0 Å². The van der Waals surface area contributed by atoms with Crippen molar-refractivity contribution < 1.29 is 18.4 Å². The minimum atomic E-state index is -0.415. The number of nitrogens with zero attached hydrogens (tertiary/aromatic N) is 1. The lowest BCUT2D eigenvalue weighted by Crippen LogP contribution is -2.47. The number of rotatable bonds is 5. The molecule has 0 radical (unpaired) electrons. The number of carbonyl (C=O) groups is 2. The number of aryl methyl sites for hydroxylation is 1. The molecule has 1 N–H and O–H groups in total. The summed E-state index contributed by atoms with van der Waals surface area (Å²) < 4.78 is 27.3. The first-order chi connectivity index (χ1) is 15.9. The van der Waals surface area contributed by atoms with Crippen LogP contribution in [0.4, 0.5) is 8.78 Å². The van der Waals surface area contributed by atoms with Crippen LogP contribution in [0.25, 0.3) is 0 Å². The molecule has 4 nitrogen and oxygen atoms in total. The number of nitrogens with one attached hydrogen (secondary N) is 1. The molecule has 1 heterocycles. The minimum absolute atomic E-state index is 0.0925. The van der Waals surface area contributed by atoms with Crippen molar-refractivity contribution in [2.24, 2.45) is 5.92 Å². The summed E-state index contributed by atoms with van der Waals surface area (Å²) in [5.74, 6) is -1.65. The second-order valence-corrected chi connectivity index (χ2v) is 8.48. The predicted octanol–water partition coefficient (Wildman–Crippen LogP) is 5.18. The molecule has 0 bridgehead atoms. The molecule has 0 saturated carbocycles. The Labute approximate surface area is 192 Å². The van der Waals surface area contributed by atoms with Crippen molar-refractivity contribution in [3.63, 3.8) is 0 Å². The van der Waals surface area contributed by atoms with E-state index in [0.717, 1.165) is 11.1 Å². The quantitative estimate of drug-likeness (QED) is 0.585. The molecular weight excluding hydrogens is 422 g/mol. The van der Waals surface area contributed by atoms with E-state index in [4.69, 9.17) is 0 Å². The number of benzene rings is 3. The van der Waals surface area contributed by atoms with E-state index < -0.39 is 11.7 Å². The van der Waals surface area contributed by atoms with E-state index in [0.29, 0.717) is 24.0 Å². The maximum atomic E-state index is 13.9. The Bertz CT molecular complexity index is 1150. The molecule has 3 aromatic carbocycles. The van der Waals surface area contributed by atoms with Crippen molar-refractivity contribution in [2.75, 3.05) is 6.54 Å². The molecule has 4 rings (SSSR count). The Morgan fingerprint density at radius 1 is 0.970 bits per heavy atom. The van der Waals surface area contributed by atoms with Crippen LogP contribution in [0.1, 0.15) is 45.9 Å². The summed E-state index contributed by atoms with van der Waals surface area (Å²) in [6, 6.07) is 19.6. The lowest BCUT2D eigenvalue weighted by molar-refractivity contribution is -0.127. The van der Waals surface area contributed by atoms with Crippen LogP contribution < -0.4 is 5.32 Å². The van der Waals surface area contributed by atoms with Gasteiger partial charge in [0, 0.05) is 24.2 Å². The molecular formula is C27H26F2N2O2. The number of hydrogen-bond acceptors (Lipinski definition) is 2. The summed E-state index contributed by atoms with van der Waals surface area (Å²) >= 11 is 0. The second kappa shape index (κ2) is 9.94. The van der Waals surface area contributed by atoms with Gasteiger partial charge in [0.25, 0.3) is 5.91 Å². The topological polar surface area (TPSA) is 49.4 Å². The highest BCUT2D eigenvalue weighted by Gasteiger charge is 2.36. The lowest BCUT2D eigenvalue weighted by Gasteiger charge is -2.39. The average molecular weight is 449 g/mol. The van der Waals surface area contributed by atoms with E-state index in [1.807, 2.05) is 31.2 Å². The SMILES string of the molecule is Cc1cccc([C@@H]2CC[C@H](C(=O)NCc3ccccc3F)CN2C(=O)c2ccc(F)cc2)c1. The highest BCUT2D eigenvalue weighted by Crippen LogP contribution is 2.35. The van der Waals surface area contributed by atoms with E-state index in [1.54, 1.807) is 23.1 Å². The van der Waals surface area contributed by atoms with E-state index in [9.17, 15) is 18.4 Å². The van der Waals surface area contributed by atoms with E-state index >= 15 is 0 Å². The van der Waals surface area contributed by atoms with Gasteiger partial charge in [0.2, 0.25) is 5.91 Å². The first kappa shape index (κ1) is 22.6. The first-order valence-corrected chi connectivity index (χ1v) is 11.1. The zero-order chi connectivity index (χ0) is 23.4. The van der Waals surface area contributed by atoms with Crippen molar-refractivity contribution in [1.82, 2.24) is 10.2 Å². The number of carbonyl (C=O) groups excluding carboxylic acids is 2. The van der Waals surface area contributed by atoms with Gasteiger partial charge in [-0.3, -0.25) is 9.59 Å². The molecule has 0 spiro atoms. The lowest BCUT2D eigenvalue weighted by atomic mass is 9.87. The monoisotopic (exact) mass is 448 g/mol. The largest absolute Gasteiger partial charge is 0.352 e. The molecule has 0 unspecified atom stereocenters. The van der Waals surface area contributed by atoms with Gasteiger partial charge in [0.05, 0.1) is 12.0 Å². The van der Waals surface area contributed by atoms with Gasteiger partial charge in [0.15, 0.2) is 0 Å². The molecule has 0 aliphatic carbocycles. The highest BCUT2D eigenvalue weighted by atomic mass is 19.1. The molecule has 0 aromatic heterocycles. The van der Waals surface area contributed by atoms with Crippen LogP contribution in [0, 0.1) is 24.5 Å². The van der Waals surface area contributed by atoms with Crippen molar-refractivity contribution in [3.05, 3.63) is 107 Å². The number of hydrogen-bond donors (Lipinski definition) is 1. The van der Waals surface area contributed by atoms with E-state index in [1.165, 1.54) is 30.3 Å². The summed E-state index contributed by atoms with van der Waals surface area (Å²) in [6.45, 7) is 2.32. The molecule has 1 aliphatic rings. The average Bonchev–Trinajstić information content (AvgIpc) is 2.83. The standard InChI is InChI=1S/C27H26F2N2O2/c1-18-5-4-7-20(15-18)25-14-11-22(26(32)30-16-21-6-2-3-8-24(21)29)17-31(25)27(33)19-9-12-23(28)13-10-19/h2-10,12-13,15,22,25H,11,14,16-17H2,1H3,(H,30,32)/t22-,25-/m0/s1. The van der Waals surface area contributed by atoms with Gasteiger partial charge in [-0.1, -0.05) is 48.0 Å². The maximum absolute atomic E-state index is 13.9. The zero-order valence-corrected chi connectivity index (χ0v) is 18.4. The molecule has 1 fully saturated rings. The number of likely N-dealkylation sites (tertiary alicyclic amines) is 1. The van der Waals surface area contributed by atoms with Gasteiger partial charge in [-0.05, 0) is 55.7 Å². The summed E-state index contributed by atoms with van der Waals surface area (Å²) in [5.41, 5.74) is 2.89. The molecule has 1 saturated heterocycles. The highest BCUT2D eigenvalue weighted by molar-refractivity contribution is 5.95. The van der Waals surface area contributed by atoms with Gasteiger partial charge in [-0.15, -0.1) is 0 Å². The number of amides is 2. The fourth-order valence-corrected chi connectivity index (χ4v) is 4.36. The van der Waals surface area contributed by atoms with Crippen LogP contribution in [-0.4, -0.2) is 23.3 Å². The predicted molar refractivity (Wildman–Crippen MR) is 122 cm³/mol. The van der Waals surface area contributed by atoms with Crippen molar-refractivity contribution >= 4 is 11.8 Å². The zero-order valence-electron chi connectivity index (χ0n) is 18.4. The van der Waals surface area contributed by atoms with Crippen LogP contribution in [0.3, 0.4) is 0 Å². The van der Waals surface area contributed by atoms with Crippen molar-refractivity contribution in [2.45, 2.75) is 32.4 Å². The third kappa shape index (κ3) is 5.28. The molecule has 2 amide bonds. The summed E-state index contributed by atoms with van der Waals surface area (Å²) in [5, 5.41) is 2.81. The Hall–Kier alpha value is -3.54. The van der Waals surface area contributed by atoms with Crippen LogP contribution in [0.15, 0.2) is 72.8 Å². The third-order valence-corrected chi connectivity index (χ3v) is 6.14. The van der Waals surface area contributed by atoms with Crippen molar-refractivity contribution in [3.8, 4) is 0 Å². The van der Waals surface area contributed by atoms with Crippen LogP contribution >= 0.6 is 0 Å². The Morgan fingerprint density at radius 3 is 2.45 bits per heavy atom. The first-order valence-electron chi connectivity index (χ1n) is 11.1. The number of halogens is 2. The normalized spacial score (nSPS) is 18.1. The number of piperidine rings is 1. The molecule has 6 heteroatoms. The smallest absolute Gasteiger partial charge is 0.254 e. The van der Waals surface area contributed by atoms with Gasteiger partial charge in [-0.25, -0.2) is 8.78 Å². The summed E-state index contributed by atoms with van der Waals surface area (Å²) in [7, 11) is 0. The van der Waals surface area contributed by atoms with Gasteiger partial charge < -0.3 is 10.2 Å². The summed E-state index contributed by atoms with van der Waals surface area (Å²) in [4.78, 5) is 28.0. The van der Waals surface area contributed by atoms with Gasteiger partial charge in [0.1, 0.15) is 11.6 Å². The van der Waals surface area contributed by atoms with Crippen LogP contribution in [-0.2, 0) is 11.3 Å². The Balaban J connectivity index is 1.54. The maximum Gasteiger partial charge on any atom is 0.254 e. The second-order valence-electron chi connectivity index (χ2n) is 8.48. The minimum Gasteiger partial charge on any atom is -0.352 e. The molecule has 170 valence electrons. The molecule has 1 aliphatic heterocycles. The Morgan fingerprint density at radius 2 is 1.73 bits per heavy atom. The summed E-state index contributed by atoms with van der Waals surface area (Å²) in [6.07, 6.45) is 1.23. The van der Waals surface area contributed by atoms with Crippen molar-refractivity contribution in [1.29, 1.82) is 0 Å². The fraction of sp³-hybridized carbons (Fsp3) is 0.259. The molecule has 33 heavy (non-hydrogen) atoms.